The summed E-state index contributed by atoms with van der Waals surface area (Å²) in [6.07, 6.45) is 6.24. The first-order valence-electron chi connectivity index (χ1n) is 8.45. The van der Waals surface area contributed by atoms with Crippen molar-refractivity contribution >= 4 is 16.7 Å². The van der Waals surface area contributed by atoms with Crippen LogP contribution in [0.1, 0.15) is 17.5 Å². The van der Waals surface area contributed by atoms with E-state index in [1.54, 1.807) is 0 Å². The van der Waals surface area contributed by atoms with Gasteiger partial charge < -0.3 is 10.0 Å². The standard InChI is InChI=1S/C19H22N4O/c1-22-11-15(10-20-22)8-14-6-7-23(12-14)19-17(13-24)9-16-4-2-3-5-18(16)21-19/h2-5,9-11,14,24H,6-8,12-13H2,1H3. The number of aromatic nitrogens is 3. The van der Waals surface area contributed by atoms with Crippen molar-refractivity contribution in [3.63, 3.8) is 0 Å². The first kappa shape index (κ1) is 15.1. The Labute approximate surface area is 141 Å². The van der Waals surface area contributed by atoms with Crippen LogP contribution in [0.3, 0.4) is 0 Å². The van der Waals surface area contributed by atoms with E-state index in [-0.39, 0.29) is 6.61 Å². The molecule has 1 aliphatic heterocycles. The van der Waals surface area contributed by atoms with E-state index in [2.05, 4.69) is 22.3 Å². The van der Waals surface area contributed by atoms with Gasteiger partial charge in [0.15, 0.2) is 0 Å². The second-order valence-electron chi connectivity index (χ2n) is 6.65. The molecule has 1 saturated heterocycles. The van der Waals surface area contributed by atoms with Crippen LogP contribution in [0.4, 0.5) is 5.82 Å². The molecule has 5 nitrogen and oxygen atoms in total. The summed E-state index contributed by atoms with van der Waals surface area (Å²) in [7, 11) is 1.96. The Kier molecular flexibility index (Phi) is 3.94. The number of aliphatic hydroxyl groups is 1. The minimum atomic E-state index is 0.0247. The average Bonchev–Trinajstić information content (AvgIpc) is 3.23. The van der Waals surface area contributed by atoms with E-state index < -0.39 is 0 Å². The van der Waals surface area contributed by atoms with Crippen molar-refractivity contribution in [2.24, 2.45) is 13.0 Å². The zero-order chi connectivity index (χ0) is 16.5. The molecule has 2 aromatic heterocycles. The lowest BCUT2D eigenvalue weighted by Gasteiger charge is -2.21. The monoisotopic (exact) mass is 322 g/mol. The molecular formula is C19H22N4O. The average molecular weight is 322 g/mol. The van der Waals surface area contributed by atoms with Crippen molar-refractivity contribution in [2.45, 2.75) is 19.4 Å². The number of nitrogens with zero attached hydrogens (tertiary/aromatic N) is 4. The largest absolute Gasteiger partial charge is 0.392 e. The lowest BCUT2D eigenvalue weighted by Crippen LogP contribution is -2.23. The smallest absolute Gasteiger partial charge is 0.134 e. The van der Waals surface area contributed by atoms with E-state index in [0.717, 1.165) is 48.2 Å². The predicted molar refractivity (Wildman–Crippen MR) is 94.9 cm³/mol. The zero-order valence-corrected chi connectivity index (χ0v) is 13.9. The minimum absolute atomic E-state index is 0.0247. The van der Waals surface area contributed by atoms with Crippen molar-refractivity contribution in [1.82, 2.24) is 14.8 Å². The summed E-state index contributed by atoms with van der Waals surface area (Å²) in [5.74, 6) is 1.54. The molecule has 0 amide bonds. The van der Waals surface area contributed by atoms with Crippen molar-refractivity contribution < 1.29 is 5.11 Å². The van der Waals surface area contributed by atoms with Gasteiger partial charge in [0, 0.05) is 37.3 Å². The number of aliphatic hydroxyl groups excluding tert-OH is 1. The number of fused-ring (bicyclic) bond motifs is 1. The van der Waals surface area contributed by atoms with E-state index in [1.807, 2.05) is 42.2 Å². The fraction of sp³-hybridized carbons (Fsp3) is 0.368. The summed E-state index contributed by atoms with van der Waals surface area (Å²) >= 11 is 0. The SMILES string of the molecule is Cn1cc(CC2CCN(c3nc4ccccc4cc3CO)C2)cn1. The molecule has 4 rings (SSSR count). The number of hydrogen-bond donors (Lipinski definition) is 1. The van der Waals surface area contributed by atoms with E-state index in [1.165, 1.54) is 5.56 Å². The van der Waals surface area contributed by atoms with E-state index >= 15 is 0 Å². The highest BCUT2D eigenvalue weighted by atomic mass is 16.3. The van der Waals surface area contributed by atoms with Gasteiger partial charge in [-0.25, -0.2) is 4.98 Å². The van der Waals surface area contributed by atoms with Crippen LogP contribution < -0.4 is 4.90 Å². The lowest BCUT2D eigenvalue weighted by atomic mass is 10.0. The summed E-state index contributed by atoms with van der Waals surface area (Å²) < 4.78 is 1.86. The number of rotatable bonds is 4. The van der Waals surface area contributed by atoms with Crippen molar-refractivity contribution in [1.29, 1.82) is 0 Å². The van der Waals surface area contributed by atoms with Crippen LogP contribution in [0.25, 0.3) is 10.9 Å². The molecule has 1 atom stereocenters. The molecule has 1 fully saturated rings. The second-order valence-corrected chi connectivity index (χ2v) is 6.65. The number of aryl methyl sites for hydroxylation is 1. The normalized spacial score (nSPS) is 17.8. The quantitative estimate of drug-likeness (QED) is 0.802. The van der Waals surface area contributed by atoms with Crippen LogP contribution in [0.15, 0.2) is 42.7 Å². The number of benzene rings is 1. The third kappa shape index (κ3) is 2.87. The van der Waals surface area contributed by atoms with Gasteiger partial charge in [0.05, 0.1) is 18.3 Å². The summed E-state index contributed by atoms with van der Waals surface area (Å²) in [6.45, 7) is 1.99. The van der Waals surface area contributed by atoms with Gasteiger partial charge in [-0.1, -0.05) is 18.2 Å². The molecule has 3 aromatic rings. The maximum Gasteiger partial charge on any atom is 0.134 e. The molecule has 0 spiro atoms. The molecule has 3 heterocycles. The highest BCUT2D eigenvalue weighted by Gasteiger charge is 2.25. The molecule has 1 unspecified atom stereocenters. The fourth-order valence-corrected chi connectivity index (χ4v) is 3.64. The molecule has 0 aliphatic carbocycles. The third-order valence-corrected chi connectivity index (χ3v) is 4.82. The molecule has 24 heavy (non-hydrogen) atoms. The Hall–Kier alpha value is -2.40. The van der Waals surface area contributed by atoms with Gasteiger partial charge in [-0.3, -0.25) is 4.68 Å². The minimum Gasteiger partial charge on any atom is -0.392 e. The number of para-hydroxylation sites is 1. The van der Waals surface area contributed by atoms with Crippen LogP contribution in [0.5, 0.6) is 0 Å². The maximum absolute atomic E-state index is 9.76. The van der Waals surface area contributed by atoms with Crippen molar-refractivity contribution in [3.8, 4) is 0 Å². The molecule has 0 bridgehead atoms. The first-order chi connectivity index (χ1) is 11.7. The maximum atomic E-state index is 9.76. The lowest BCUT2D eigenvalue weighted by molar-refractivity contribution is 0.282. The molecule has 124 valence electrons. The molecular weight excluding hydrogens is 300 g/mol. The zero-order valence-electron chi connectivity index (χ0n) is 13.9. The Balaban J connectivity index is 1.56. The highest BCUT2D eigenvalue weighted by molar-refractivity contribution is 5.81. The van der Waals surface area contributed by atoms with Gasteiger partial charge in [0.25, 0.3) is 0 Å². The topological polar surface area (TPSA) is 54.2 Å². The van der Waals surface area contributed by atoms with Gasteiger partial charge in [-0.15, -0.1) is 0 Å². The Bertz CT molecular complexity index is 857. The Morgan fingerprint density at radius 3 is 2.96 bits per heavy atom. The van der Waals surface area contributed by atoms with E-state index in [4.69, 9.17) is 4.98 Å². The molecule has 5 heteroatoms. The highest BCUT2D eigenvalue weighted by Crippen LogP contribution is 2.29. The summed E-state index contributed by atoms with van der Waals surface area (Å²) in [5.41, 5.74) is 3.19. The van der Waals surface area contributed by atoms with Gasteiger partial charge in [-0.2, -0.15) is 5.10 Å². The number of hydrogen-bond acceptors (Lipinski definition) is 4. The van der Waals surface area contributed by atoms with Crippen LogP contribution in [0, 0.1) is 5.92 Å². The van der Waals surface area contributed by atoms with Crippen LogP contribution in [0.2, 0.25) is 0 Å². The summed E-state index contributed by atoms with van der Waals surface area (Å²) in [4.78, 5) is 7.14. The van der Waals surface area contributed by atoms with Crippen LogP contribution >= 0.6 is 0 Å². The van der Waals surface area contributed by atoms with Gasteiger partial charge in [-0.05, 0) is 36.5 Å². The predicted octanol–water partition coefficient (Wildman–Crippen LogP) is 2.53. The second kappa shape index (κ2) is 6.24. The van der Waals surface area contributed by atoms with Crippen molar-refractivity contribution in [3.05, 3.63) is 53.9 Å². The first-order valence-corrected chi connectivity index (χ1v) is 8.45. The molecule has 0 radical (unpaired) electrons. The molecule has 1 N–H and O–H groups in total. The summed E-state index contributed by atoms with van der Waals surface area (Å²) in [5, 5.41) is 15.1. The Morgan fingerprint density at radius 1 is 1.29 bits per heavy atom. The third-order valence-electron chi connectivity index (χ3n) is 4.82. The van der Waals surface area contributed by atoms with Crippen molar-refractivity contribution in [2.75, 3.05) is 18.0 Å². The Morgan fingerprint density at radius 2 is 2.17 bits per heavy atom. The molecule has 1 aromatic carbocycles. The van der Waals surface area contributed by atoms with E-state index in [0.29, 0.717) is 5.92 Å². The van der Waals surface area contributed by atoms with Gasteiger partial charge in [0.2, 0.25) is 0 Å². The van der Waals surface area contributed by atoms with Gasteiger partial charge >= 0.3 is 0 Å². The van der Waals surface area contributed by atoms with E-state index in [9.17, 15) is 5.11 Å². The fourth-order valence-electron chi connectivity index (χ4n) is 3.64. The molecule has 0 saturated carbocycles. The number of anilines is 1. The van der Waals surface area contributed by atoms with Gasteiger partial charge in [0.1, 0.15) is 5.82 Å². The number of pyridine rings is 1. The molecule has 1 aliphatic rings. The summed E-state index contributed by atoms with van der Waals surface area (Å²) in [6, 6.07) is 10.1. The van der Waals surface area contributed by atoms with Crippen LogP contribution in [-0.4, -0.2) is 33.0 Å². The van der Waals surface area contributed by atoms with Crippen LogP contribution in [-0.2, 0) is 20.1 Å².